The molecule has 1 amide bonds. The van der Waals surface area contributed by atoms with Crippen LogP contribution in [0.15, 0.2) is 34.4 Å². The molecule has 0 unspecified atom stereocenters. The zero-order valence-corrected chi connectivity index (χ0v) is 18.2. The van der Waals surface area contributed by atoms with Gasteiger partial charge in [0.05, 0.1) is 31.1 Å². The summed E-state index contributed by atoms with van der Waals surface area (Å²) >= 11 is 1.47. The first kappa shape index (κ1) is 21.5. The molecule has 2 heterocycles. The zero-order valence-electron chi connectivity index (χ0n) is 17.4. The molecule has 0 aliphatic rings. The van der Waals surface area contributed by atoms with Gasteiger partial charge >= 0.3 is 0 Å². The molecule has 158 valence electrons. The van der Waals surface area contributed by atoms with Crippen LogP contribution in [0.25, 0.3) is 10.2 Å². The number of nitrogens with zero attached hydrogens (tertiary/aromatic N) is 3. The van der Waals surface area contributed by atoms with Crippen molar-refractivity contribution in [2.24, 2.45) is 5.10 Å². The highest BCUT2D eigenvalue weighted by Crippen LogP contribution is 2.28. The summed E-state index contributed by atoms with van der Waals surface area (Å²) < 4.78 is 12.4. The summed E-state index contributed by atoms with van der Waals surface area (Å²) in [4.78, 5) is 30.9. The second kappa shape index (κ2) is 9.53. The monoisotopic (exact) mass is 428 g/mol. The average Bonchev–Trinajstić information content (AvgIpc) is 3.01. The van der Waals surface area contributed by atoms with Gasteiger partial charge in [-0.05, 0) is 57.0 Å². The lowest BCUT2D eigenvalue weighted by Crippen LogP contribution is -2.30. The number of fused-ring (bicyclic) bond motifs is 1. The maximum atomic E-state index is 12.7. The average molecular weight is 429 g/mol. The molecule has 0 radical (unpaired) electrons. The number of carbonyl (C=O) groups is 1. The molecule has 1 aromatic carbocycles. The van der Waals surface area contributed by atoms with E-state index < -0.39 is 5.91 Å². The maximum absolute atomic E-state index is 12.7. The maximum Gasteiger partial charge on any atom is 0.262 e. The van der Waals surface area contributed by atoms with Gasteiger partial charge in [-0.25, -0.2) is 10.4 Å². The highest BCUT2D eigenvalue weighted by atomic mass is 32.1. The van der Waals surface area contributed by atoms with Gasteiger partial charge in [-0.15, -0.1) is 11.3 Å². The van der Waals surface area contributed by atoms with E-state index in [1.165, 1.54) is 28.4 Å². The van der Waals surface area contributed by atoms with Crippen molar-refractivity contribution < 1.29 is 14.3 Å². The number of nitrogens with one attached hydrogen (secondary N) is 1. The van der Waals surface area contributed by atoms with Gasteiger partial charge in [-0.2, -0.15) is 5.10 Å². The number of ether oxygens (including phenoxy) is 2. The smallest absolute Gasteiger partial charge is 0.262 e. The molecule has 0 bridgehead atoms. The van der Waals surface area contributed by atoms with Crippen LogP contribution in [0.2, 0.25) is 0 Å². The largest absolute Gasteiger partial charge is 0.490 e. The molecule has 0 spiro atoms. The molecule has 0 saturated carbocycles. The van der Waals surface area contributed by atoms with E-state index in [0.29, 0.717) is 34.9 Å². The number of benzene rings is 1. The Hall–Kier alpha value is -3.20. The van der Waals surface area contributed by atoms with Gasteiger partial charge in [-0.1, -0.05) is 0 Å². The van der Waals surface area contributed by atoms with Crippen molar-refractivity contribution in [1.82, 2.24) is 15.0 Å². The van der Waals surface area contributed by atoms with Crippen LogP contribution in [-0.2, 0) is 11.3 Å². The lowest BCUT2D eigenvalue weighted by Gasteiger charge is -2.11. The van der Waals surface area contributed by atoms with Gasteiger partial charge < -0.3 is 9.47 Å². The van der Waals surface area contributed by atoms with Crippen molar-refractivity contribution in [1.29, 1.82) is 0 Å². The Morgan fingerprint density at radius 2 is 1.97 bits per heavy atom. The van der Waals surface area contributed by atoms with Crippen molar-refractivity contribution in [3.63, 3.8) is 0 Å². The van der Waals surface area contributed by atoms with Gasteiger partial charge in [-0.3, -0.25) is 14.2 Å². The number of hydrazone groups is 1. The minimum absolute atomic E-state index is 0.166. The second-order valence-electron chi connectivity index (χ2n) is 6.51. The first-order valence-electron chi connectivity index (χ1n) is 9.61. The highest BCUT2D eigenvalue weighted by Gasteiger charge is 2.13. The molecule has 0 atom stereocenters. The molecule has 1 N–H and O–H groups in total. The Labute approximate surface area is 178 Å². The number of aromatic nitrogens is 2. The fourth-order valence-corrected chi connectivity index (χ4v) is 3.89. The molecule has 30 heavy (non-hydrogen) atoms. The first-order chi connectivity index (χ1) is 14.4. The summed E-state index contributed by atoms with van der Waals surface area (Å²) in [5.74, 6) is 0.846. The van der Waals surface area contributed by atoms with Gasteiger partial charge in [0.15, 0.2) is 11.5 Å². The number of thiophene rings is 1. The van der Waals surface area contributed by atoms with E-state index in [0.717, 1.165) is 16.0 Å². The Kier molecular flexibility index (Phi) is 6.83. The molecule has 0 fully saturated rings. The Morgan fingerprint density at radius 3 is 2.70 bits per heavy atom. The topological polar surface area (TPSA) is 94.8 Å². The molecule has 3 aromatic rings. The van der Waals surface area contributed by atoms with Crippen LogP contribution in [0.3, 0.4) is 0 Å². The van der Waals surface area contributed by atoms with Crippen molar-refractivity contribution in [2.75, 3.05) is 13.2 Å². The fourth-order valence-electron chi connectivity index (χ4n) is 2.90. The van der Waals surface area contributed by atoms with E-state index in [4.69, 9.17) is 9.47 Å². The molecule has 8 nitrogen and oxygen atoms in total. The molecule has 0 aliphatic carbocycles. The quantitative estimate of drug-likeness (QED) is 0.440. The molecule has 9 heteroatoms. The zero-order chi connectivity index (χ0) is 21.7. The van der Waals surface area contributed by atoms with Gasteiger partial charge in [0.1, 0.15) is 11.4 Å². The summed E-state index contributed by atoms with van der Waals surface area (Å²) in [6.45, 7) is 8.51. The minimum atomic E-state index is -0.421. The summed E-state index contributed by atoms with van der Waals surface area (Å²) in [6, 6.07) is 5.39. The number of hydrogen-bond donors (Lipinski definition) is 1. The van der Waals surface area contributed by atoms with Crippen LogP contribution in [-0.4, -0.2) is 34.9 Å². The normalized spacial score (nSPS) is 11.2. The molecule has 2 aromatic heterocycles. The number of aryl methyl sites for hydroxylation is 2. The SMILES string of the molecule is CCOc1ccc(C=NNC(=O)Cn2cnc3sc(C)c(C)c3c2=O)cc1OCC. The fraction of sp³-hybridized carbons (Fsp3) is 0.333. The highest BCUT2D eigenvalue weighted by molar-refractivity contribution is 7.18. The van der Waals surface area contributed by atoms with Gasteiger partial charge in [0, 0.05) is 4.88 Å². The Balaban J connectivity index is 1.69. The second-order valence-corrected chi connectivity index (χ2v) is 7.71. The predicted molar refractivity (Wildman–Crippen MR) is 118 cm³/mol. The van der Waals surface area contributed by atoms with Gasteiger partial charge in [0.25, 0.3) is 11.5 Å². The third-order valence-electron chi connectivity index (χ3n) is 4.44. The van der Waals surface area contributed by atoms with E-state index in [9.17, 15) is 9.59 Å². The van der Waals surface area contributed by atoms with Crippen molar-refractivity contribution in [2.45, 2.75) is 34.2 Å². The minimum Gasteiger partial charge on any atom is -0.490 e. The lowest BCUT2D eigenvalue weighted by atomic mass is 10.2. The Morgan fingerprint density at radius 1 is 1.23 bits per heavy atom. The summed E-state index contributed by atoms with van der Waals surface area (Å²) in [7, 11) is 0. The summed E-state index contributed by atoms with van der Waals surface area (Å²) in [5, 5.41) is 4.54. The van der Waals surface area contributed by atoms with Crippen LogP contribution in [0.1, 0.15) is 29.9 Å². The van der Waals surface area contributed by atoms with E-state index in [2.05, 4.69) is 15.5 Å². The standard InChI is InChI=1S/C21H24N4O4S/c1-5-28-16-8-7-15(9-17(16)29-6-2)10-23-24-18(26)11-25-12-22-20-19(21(25)27)13(3)14(4)30-20/h7-10,12H,5-6,11H2,1-4H3,(H,24,26). The molecular formula is C21H24N4O4S. The van der Waals surface area contributed by atoms with E-state index >= 15 is 0 Å². The predicted octanol–water partition coefficient (Wildman–Crippen LogP) is 3.02. The number of amides is 1. The third kappa shape index (κ3) is 4.68. The van der Waals surface area contributed by atoms with Crippen molar-refractivity contribution in [3.05, 3.63) is 50.9 Å². The van der Waals surface area contributed by atoms with Crippen LogP contribution < -0.4 is 20.5 Å². The first-order valence-corrected chi connectivity index (χ1v) is 10.4. The lowest BCUT2D eigenvalue weighted by molar-refractivity contribution is -0.121. The summed E-state index contributed by atoms with van der Waals surface area (Å²) in [6.07, 6.45) is 2.90. The molecule has 0 saturated heterocycles. The number of carbonyl (C=O) groups excluding carboxylic acids is 1. The molecular weight excluding hydrogens is 404 g/mol. The van der Waals surface area contributed by atoms with Crippen LogP contribution in [0.4, 0.5) is 0 Å². The van der Waals surface area contributed by atoms with E-state index in [1.807, 2.05) is 33.8 Å². The van der Waals surface area contributed by atoms with Crippen molar-refractivity contribution >= 4 is 33.7 Å². The van der Waals surface area contributed by atoms with Crippen LogP contribution >= 0.6 is 11.3 Å². The Bertz CT molecular complexity index is 1150. The van der Waals surface area contributed by atoms with Crippen molar-refractivity contribution in [3.8, 4) is 11.5 Å². The van der Waals surface area contributed by atoms with Crippen LogP contribution in [0.5, 0.6) is 11.5 Å². The van der Waals surface area contributed by atoms with E-state index in [1.54, 1.807) is 12.1 Å². The van der Waals surface area contributed by atoms with Crippen LogP contribution in [0, 0.1) is 13.8 Å². The van der Waals surface area contributed by atoms with Gasteiger partial charge in [0.2, 0.25) is 0 Å². The molecule has 3 rings (SSSR count). The summed E-state index contributed by atoms with van der Waals surface area (Å²) in [5.41, 5.74) is 3.86. The molecule has 0 aliphatic heterocycles. The third-order valence-corrected chi connectivity index (χ3v) is 5.56. The van der Waals surface area contributed by atoms with E-state index in [-0.39, 0.29) is 12.1 Å². The number of hydrogen-bond acceptors (Lipinski definition) is 7. The number of rotatable bonds is 8.